The molecule has 3 N–H and O–H groups in total. The number of anilines is 1. The van der Waals surface area contributed by atoms with Gasteiger partial charge in [0.15, 0.2) is 0 Å². The lowest BCUT2D eigenvalue weighted by Crippen LogP contribution is -2.49. The molecule has 2 fully saturated rings. The molecule has 0 bridgehead atoms. The van der Waals surface area contributed by atoms with Crippen molar-refractivity contribution in [2.24, 2.45) is 7.05 Å². The predicted molar refractivity (Wildman–Crippen MR) is 155 cm³/mol. The molecule has 3 aromatic heterocycles. The normalized spacial score (nSPS) is 21.8. The van der Waals surface area contributed by atoms with E-state index in [1.165, 1.54) is 7.11 Å². The van der Waals surface area contributed by atoms with Crippen molar-refractivity contribution in [2.75, 3.05) is 25.2 Å². The van der Waals surface area contributed by atoms with Gasteiger partial charge in [-0.05, 0) is 37.0 Å². The Balaban J connectivity index is 1.35. The summed E-state index contributed by atoms with van der Waals surface area (Å²) in [7, 11) is 3.24. The summed E-state index contributed by atoms with van der Waals surface area (Å²) in [4.78, 5) is 35.6. The summed E-state index contributed by atoms with van der Waals surface area (Å²) in [5.41, 5.74) is 6.17. The highest BCUT2D eigenvalue weighted by Gasteiger charge is 2.39. The second-order valence-electron chi connectivity index (χ2n) is 11.1. The number of urea groups is 1. The molecule has 5 heterocycles. The highest BCUT2D eigenvalue weighted by atomic mass is 16.5. The molecule has 1 unspecified atom stereocenters. The van der Waals surface area contributed by atoms with Crippen LogP contribution in [0.2, 0.25) is 0 Å². The summed E-state index contributed by atoms with van der Waals surface area (Å²) in [6, 6.07) is 7.72. The van der Waals surface area contributed by atoms with E-state index in [0.717, 1.165) is 70.6 Å². The van der Waals surface area contributed by atoms with Crippen molar-refractivity contribution in [1.29, 1.82) is 0 Å². The molecule has 1 aromatic carbocycles. The van der Waals surface area contributed by atoms with E-state index < -0.39 is 6.09 Å². The standard InChI is InChI=1S/C30H33N7O5/c1-36-15-19(14-33-36)26-24(17-3-7-22(8-4-17)42-23-9-10-41-16-23)25-27-18(12-31-28(25)35-26)13-32-29(38)37(27)21-6-5-20(11-21)34-30(39)40-2/h3-4,7-8,12,14-15,20-21,23H,5-6,9-11,13,16H2,1-2H3,(H,31,35)(H,32,38)(H,34,39)/t20-,21-,23?/m1/s1. The number of fused-ring (bicyclic) bond motifs is 3. The van der Waals surface area contributed by atoms with Crippen LogP contribution in [0.1, 0.15) is 31.2 Å². The van der Waals surface area contributed by atoms with Crippen molar-refractivity contribution in [3.05, 3.63) is 48.4 Å². The number of nitrogens with one attached hydrogen (secondary N) is 3. The second kappa shape index (κ2) is 10.7. The Hall–Kier alpha value is -4.58. The van der Waals surface area contributed by atoms with Crippen molar-refractivity contribution in [3.8, 4) is 28.1 Å². The zero-order chi connectivity index (χ0) is 28.8. The quantitative estimate of drug-likeness (QED) is 0.317. The Bertz CT molecular complexity index is 1640. The van der Waals surface area contributed by atoms with E-state index in [0.29, 0.717) is 25.2 Å². The molecule has 3 aliphatic rings. The van der Waals surface area contributed by atoms with Crippen LogP contribution in [0.4, 0.5) is 15.3 Å². The monoisotopic (exact) mass is 571 g/mol. The number of alkyl carbamates (subject to hydrolysis) is 1. The fourth-order valence-corrected chi connectivity index (χ4v) is 6.39. The first-order valence-corrected chi connectivity index (χ1v) is 14.3. The average Bonchev–Trinajstić information content (AvgIpc) is 3.81. The van der Waals surface area contributed by atoms with Gasteiger partial charge >= 0.3 is 12.1 Å². The van der Waals surface area contributed by atoms with Gasteiger partial charge in [0.25, 0.3) is 0 Å². The summed E-state index contributed by atoms with van der Waals surface area (Å²) in [6.07, 6.45) is 8.21. The largest absolute Gasteiger partial charge is 0.488 e. The number of carbonyl (C=O) groups excluding carboxylic acids is 2. The Morgan fingerprint density at radius 3 is 2.74 bits per heavy atom. The minimum Gasteiger partial charge on any atom is -0.488 e. The Labute approximate surface area is 242 Å². The van der Waals surface area contributed by atoms with Gasteiger partial charge in [0.05, 0.1) is 43.3 Å². The van der Waals surface area contributed by atoms with Crippen LogP contribution in [0.15, 0.2) is 42.9 Å². The van der Waals surface area contributed by atoms with E-state index in [1.807, 2.05) is 54.8 Å². The lowest BCUT2D eigenvalue weighted by molar-refractivity contribution is 0.141. The minimum absolute atomic E-state index is 0.0575. The van der Waals surface area contributed by atoms with E-state index in [9.17, 15) is 9.59 Å². The molecule has 12 heteroatoms. The lowest BCUT2D eigenvalue weighted by atomic mass is 9.96. The number of benzene rings is 1. The van der Waals surface area contributed by atoms with Gasteiger partial charge in [-0.25, -0.2) is 14.6 Å². The summed E-state index contributed by atoms with van der Waals surface area (Å²) < 4.78 is 18.2. The van der Waals surface area contributed by atoms with Gasteiger partial charge in [0.1, 0.15) is 17.5 Å². The molecule has 1 saturated heterocycles. The highest BCUT2D eigenvalue weighted by molar-refractivity contribution is 6.14. The number of nitrogens with zero attached hydrogens (tertiary/aromatic N) is 4. The first-order valence-electron chi connectivity index (χ1n) is 14.3. The van der Waals surface area contributed by atoms with Crippen LogP contribution in [-0.2, 0) is 23.1 Å². The van der Waals surface area contributed by atoms with Crippen LogP contribution in [0.25, 0.3) is 33.4 Å². The van der Waals surface area contributed by atoms with Gasteiger partial charge in [0.2, 0.25) is 0 Å². The number of amides is 3. The molecule has 4 aromatic rings. The molecular formula is C30H33N7O5. The molecule has 0 spiro atoms. The number of aryl methyl sites for hydroxylation is 1. The van der Waals surface area contributed by atoms with E-state index in [2.05, 4.69) is 20.7 Å². The molecule has 0 radical (unpaired) electrons. The van der Waals surface area contributed by atoms with Crippen molar-refractivity contribution < 1.29 is 23.8 Å². The van der Waals surface area contributed by atoms with Crippen LogP contribution in [0, 0.1) is 0 Å². The van der Waals surface area contributed by atoms with Gasteiger partial charge in [-0.3, -0.25) is 9.58 Å². The summed E-state index contributed by atoms with van der Waals surface area (Å²) in [5, 5.41) is 11.2. The third kappa shape index (κ3) is 4.71. The van der Waals surface area contributed by atoms with Crippen LogP contribution >= 0.6 is 0 Å². The summed E-state index contributed by atoms with van der Waals surface area (Å²) >= 11 is 0. The van der Waals surface area contributed by atoms with Crippen molar-refractivity contribution in [3.63, 3.8) is 0 Å². The molecule has 12 nitrogen and oxygen atoms in total. The minimum atomic E-state index is -0.461. The van der Waals surface area contributed by atoms with Gasteiger partial charge in [0, 0.05) is 61.2 Å². The predicted octanol–water partition coefficient (Wildman–Crippen LogP) is 4.10. The van der Waals surface area contributed by atoms with E-state index in [1.54, 1.807) is 4.68 Å². The Kier molecular flexibility index (Phi) is 6.69. The maximum absolute atomic E-state index is 13.5. The smallest absolute Gasteiger partial charge is 0.407 e. The number of pyridine rings is 1. The van der Waals surface area contributed by atoms with E-state index in [-0.39, 0.29) is 24.2 Å². The fraction of sp³-hybridized carbons (Fsp3) is 0.400. The van der Waals surface area contributed by atoms with Crippen molar-refractivity contribution in [2.45, 2.75) is 50.4 Å². The van der Waals surface area contributed by atoms with E-state index in [4.69, 9.17) is 19.2 Å². The Morgan fingerprint density at radius 1 is 1.14 bits per heavy atom. The average molecular weight is 572 g/mol. The molecular weight excluding hydrogens is 538 g/mol. The number of carbonyl (C=O) groups is 2. The van der Waals surface area contributed by atoms with Crippen molar-refractivity contribution in [1.82, 2.24) is 30.4 Å². The number of H-pyrrole nitrogens is 1. The van der Waals surface area contributed by atoms with Gasteiger partial charge in [-0.1, -0.05) is 12.1 Å². The Morgan fingerprint density at radius 2 is 2.00 bits per heavy atom. The number of aromatic nitrogens is 4. The number of ether oxygens (including phenoxy) is 3. The van der Waals surface area contributed by atoms with Crippen LogP contribution in [0.3, 0.4) is 0 Å². The van der Waals surface area contributed by atoms with Crippen molar-refractivity contribution >= 4 is 28.8 Å². The van der Waals surface area contributed by atoms with Gasteiger partial charge in [-0.15, -0.1) is 0 Å². The number of hydrogen-bond acceptors (Lipinski definition) is 7. The maximum atomic E-state index is 13.5. The first kappa shape index (κ1) is 26.3. The third-order valence-corrected chi connectivity index (χ3v) is 8.37. The number of hydrogen-bond donors (Lipinski definition) is 3. The summed E-state index contributed by atoms with van der Waals surface area (Å²) in [5.74, 6) is 0.785. The molecule has 42 heavy (non-hydrogen) atoms. The molecule has 3 amide bonds. The second-order valence-corrected chi connectivity index (χ2v) is 11.1. The maximum Gasteiger partial charge on any atom is 0.407 e. The number of aromatic amines is 1. The fourth-order valence-electron chi connectivity index (χ4n) is 6.39. The van der Waals surface area contributed by atoms with Crippen LogP contribution in [-0.4, -0.2) is 70.4 Å². The first-order chi connectivity index (χ1) is 20.5. The lowest BCUT2D eigenvalue weighted by Gasteiger charge is -2.35. The highest BCUT2D eigenvalue weighted by Crippen LogP contribution is 2.46. The third-order valence-electron chi connectivity index (χ3n) is 8.37. The summed E-state index contributed by atoms with van der Waals surface area (Å²) in [6.45, 7) is 1.70. The molecule has 2 aliphatic heterocycles. The number of methoxy groups -OCH3 is 1. The van der Waals surface area contributed by atoms with Crippen LogP contribution < -0.4 is 20.3 Å². The molecule has 7 rings (SSSR count). The molecule has 218 valence electrons. The van der Waals surface area contributed by atoms with Gasteiger partial charge in [-0.2, -0.15) is 5.10 Å². The SMILES string of the molecule is COC(=O)N[C@@H]1CC[C@@H](N2C(=O)NCc3cnc4[nH]c(-c5cnn(C)c5)c(-c5ccc(OC6CCOC6)cc5)c4c32)C1. The number of rotatable bonds is 6. The van der Waals surface area contributed by atoms with Crippen LogP contribution in [0.5, 0.6) is 5.75 Å². The molecule has 3 atom stereocenters. The van der Waals surface area contributed by atoms with Gasteiger partial charge < -0.3 is 29.8 Å². The zero-order valence-corrected chi connectivity index (χ0v) is 23.6. The zero-order valence-electron chi connectivity index (χ0n) is 23.6. The molecule has 1 aliphatic carbocycles. The molecule has 1 saturated carbocycles. The van der Waals surface area contributed by atoms with E-state index >= 15 is 0 Å². The topological polar surface area (TPSA) is 136 Å².